The Balaban J connectivity index is 1.57. The average Bonchev–Trinajstić information content (AvgIpc) is 3.18. The summed E-state index contributed by atoms with van der Waals surface area (Å²) in [6.07, 6.45) is 8.56. The summed E-state index contributed by atoms with van der Waals surface area (Å²) in [6.45, 7) is 3.05. The third-order valence-corrected chi connectivity index (χ3v) is 5.71. The summed E-state index contributed by atoms with van der Waals surface area (Å²) < 4.78 is 0. The van der Waals surface area contributed by atoms with Crippen LogP contribution in [-0.4, -0.2) is 46.3 Å². The summed E-state index contributed by atoms with van der Waals surface area (Å²) in [7, 11) is 0. The van der Waals surface area contributed by atoms with Crippen LogP contribution < -0.4 is 5.73 Å². The minimum Gasteiger partial charge on any atom is -0.409 e. The lowest BCUT2D eigenvalue weighted by atomic mass is 9.71. The molecule has 114 valence electrons. The first-order valence-corrected chi connectivity index (χ1v) is 7.96. The van der Waals surface area contributed by atoms with Gasteiger partial charge in [0, 0.05) is 32.0 Å². The van der Waals surface area contributed by atoms with E-state index in [0.717, 1.165) is 32.5 Å². The predicted octanol–water partition coefficient (Wildman–Crippen LogP) is 1.53. The Kier molecular flexibility index (Phi) is 3.67. The van der Waals surface area contributed by atoms with Crippen molar-refractivity contribution in [2.45, 2.75) is 57.0 Å². The maximum Gasteiger partial charge on any atom is 0.139 e. The van der Waals surface area contributed by atoms with Gasteiger partial charge in [-0.05, 0) is 37.5 Å². The van der Waals surface area contributed by atoms with Gasteiger partial charge >= 0.3 is 0 Å². The molecule has 0 radical (unpaired) electrons. The normalized spacial score (nSPS) is 37.5. The molecule has 3 fully saturated rings. The van der Waals surface area contributed by atoms with Gasteiger partial charge in [0.25, 0.3) is 0 Å². The van der Waals surface area contributed by atoms with Gasteiger partial charge in [0.05, 0.1) is 5.60 Å². The number of likely N-dealkylation sites (tertiary alicyclic amines) is 1. The molecule has 1 heterocycles. The first-order chi connectivity index (χ1) is 9.55. The fourth-order valence-electron chi connectivity index (χ4n) is 4.24. The third-order valence-electron chi connectivity index (χ3n) is 5.71. The lowest BCUT2D eigenvalue weighted by Crippen LogP contribution is -2.54. The highest BCUT2D eigenvalue weighted by Crippen LogP contribution is 2.50. The van der Waals surface area contributed by atoms with E-state index in [1.165, 1.54) is 32.1 Å². The van der Waals surface area contributed by atoms with Crippen LogP contribution in [0, 0.1) is 11.3 Å². The Morgan fingerprint density at radius 2 is 2.05 bits per heavy atom. The van der Waals surface area contributed by atoms with Crippen LogP contribution in [0.25, 0.3) is 0 Å². The fourth-order valence-corrected chi connectivity index (χ4v) is 4.24. The molecule has 0 aromatic rings. The highest BCUT2D eigenvalue weighted by molar-refractivity contribution is 5.80. The van der Waals surface area contributed by atoms with Crippen molar-refractivity contribution >= 4 is 5.84 Å². The van der Waals surface area contributed by atoms with Crippen LogP contribution in [0.2, 0.25) is 0 Å². The summed E-state index contributed by atoms with van der Waals surface area (Å²) >= 11 is 0. The van der Waals surface area contributed by atoms with Gasteiger partial charge < -0.3 is 20.9 Å². The topological polar surface area (TPSA) is 82.1 Å². The van der Waals surface area contributed by atoms with Gasteiger partial charge in [-0.25, -0.2) is 0 Å². The van der Waals surface area contributed by atoms with E-state index >= 15 is 0 Å². The first-order valence-electron chi connectivity index (χ1n) is 7.96. The lowest BCUT2D eigenvalue weighted by molar-refractivity contribution is -0.0977. The molecule has 4 N–H and O–H groups in total. The standard InChI is InChI=1S/C15H27N3O2/c16-13(17-20)9-14(5-6-14)11-18-8-7-15(19)4-2-1-3-12(15)10-18/h12,19-20H,1-11H2,(H2,16,17). The molecule has 0 aromatic carbocycles. The zero-order valence-electron chi connectivity index (χ0n) is 12.2. The number of nitrogens with two attached hydrogens (primary N) is 1. The average molecular weight is 281 g/mol. The van der Waals surface area contributed by atoms with Gasteiger partial charge in [0.1, 0.15) is 5.84 Å². The summed E-state index contributed by atoms with van der Waals surface area (Å²) in [5, 5.41) is 22.6. The van der Waals surface area contributed by atoms with Crippen LogP contribution in [0.5, 0.6) is 0 Å². The van der Waals surface area contributed by atoms with Crippen molar-refractivity contribution in [3.05, 3.63) is 0 Å². The van der Waals surface area contributed by atoms with E-state index in [4.69, 9.17) is 10.9 Å². The highest BCUT2D eigenvalue weighted by Gasteiger charge is 2.48. The number of rotatable bonds is 4. The Morgan fingerprint density at radius 3 is 2.75 bits per heavy atom. The molecule has 5 nitrogen and oxygen atoms in total. The van der Waals surface area contributed by atoms with Gasteiger partial charge in [0.15, 0.2) is 0 Å². The van der Waals surface area contributed by atoms with Gasteiger partial charge in [-0.1, -0.05) is 18.0 Å². The van der Waals surface area contributed by atoms with Crippen LogP contribution in [-0.2, 0) is 0 Å². The summed E-state index contributed by atoms with van der Waals surface area (Å²) in [5.41, 5.74) is 5.52. The molecule has 20 heavy (non-hydrogen) atoms. The second-order valence-corrected chi connectivity index (χ2v) is 7.30. The molecule has 0 amide bonds. The van der Waals surface area contributed by atoms with Crippen molar-refractivity contribution in [3.63, 3.8) is 0 Å². The predicted molar refractivity (Wildman–Crippen MR) is 77.7 cm³/mol. The molecule has 2 atom stereocenters. The van der Waals surface area contributed by atoms with E-state index in [9.17, 15) is 5.11 Å². The van der Waals surface area contributed by atoms with Crippen molar-refractivity contribution < 1.29 is 10.3 Å². The van der Waals surface area contributed by atoms with Gasteiger partial charge in [-0.3, -0.25) is 0 Å². The Hall–Kier alpha value is -0.810. The maximum atomic E-state index is 10.7. The molecule has 1 saturated heterocycles. The number of hydrogen-bond donors (Lipinski definition) is 3. The monoisotopic (exact) mass is 281 g/mol. The molecule has 0 spiro atoms. The van der Waals surface area contributed by atoms with Gasteiger partial charge in [-0.15, -0.1) is 0 Å². The maximum absolute atomic E-state index is 10.7. The molecule has 5 heteroatoms. The van der Waals surface area contributed by atoms with Crippen molar-refractivity contribution in [2.24, 2.45) is 22.2 Å². The Morgan fingerprint density at radius 1 is 1.25 bits per heavy atom. The number of oxime groups is 1. The number of fused-ring (bicyclic) bond motifs is 1. The van der Waals surface area contributed by atoms with E-state index in [0.29, 0.717) is 18.2 Å². The van der Waals surface area contributed by atoms with Crippen LogP contribution in [0.3, 0.4) is 0 Å². The van der Waals surface area contributed by atoms with E-state index in [1.807, 2.05) is 0 Å². The minimum absolute atomic E-state index is 0.237. The van der Waals surface area contributed by atoms with E-state index in [1.54, 1.807) is 0 Å². The van der Waals surface area contributed by atoms with Crippen molar-refractivity contribution in [3.8, 4) is 0 Å². The summed E-state index contributed by atoms with van der Waals surface area (Å²) in [5.74, 6) is 0.804. The molecule has 3 rings (SSSR count). The largest absolute Gasteiger partial charge is 0.409 e. The first kappa shape index (κ1) is 14.1. The summed E-state index contributed by atoms with van der Waals surface area (Å²) in [4.78, 5) is 2.50. The zero-order valence-corrected chi connectivity index (χ0v) is 12.2. The van der Waals surface area contributed by atoms with Crippen LogP contribution in [0.1, 0.15) is 51.4 Å². The molecule has 2 saturated carbocycles. The highest BCUT2D eigenvalue weighted by atomic mass is 16.4. The quantitative estimate of drug-likeness (QED) is 0.316. The summed E-state index contributed by atoms with van der Waals surface area (Å²) in [6, 6.07) is 0. The zero-order chi connectivity index (χ0) is 14.2. The molecule has 0 aromatic heterocycles. The molecule has 2 aliphatic carbocycles. The molecular weight excluding hydrogens is 254 g/mol. The number of piperidine rings is 1. The van der Waals surface area contributed by atoms with Gasteiger partial charge in [-0.2, -0.15) is 0 Å². The van der Waals surface area contributed by atoms with E-state index in [-0.39, 0.29) is 5.41 Å². The minimum atomic E-state index is -0.392. The molecule has 1 aliphatic heterocycles. The van der Waals surface area contributed by atoms with Crippen LogP contribution in [0.15, 0.2) is 5.16 Å². The number of amidine groups is 1. The number of aliphatic hydroxyl groups is 1. The van der Waals surface area contributed by atoms with Gasteiger partial charge in [0.2, 0.25) is 0 Å². The molecular formula is C15H27N3O2. The molecule has 3 aliphatic rings. The van der Waals surface area contributed by atoms with Crippen LogP contribution in [0.4, 0.5) is 0 Å². The number of nitrogens with zero attached hydrogens (tertiary/aromatic N) is 2. The lowest BCUT2D eigenvalue weighted by Gasteiger charge is -2.48. The molecule has 2 unspecified atom stereocenters. The Bertz CT molecular complexity index is 395. The fraction of sp³-hybridized carbons (Fsp3) is 0.933. The Labute approximate surface area is 120 Å². The SMILES string of the molecule is NC(CC1(CN2CCC3(O)CCCCC3C2)CC1)=NO. The van der Waals surface area contributed by atoms with Crippen molar-refractivity contribution in [1.82, 2.24) is 4.90 Å². The number of hydrogen-bond acceptors (Lipinski definition) is 4. The second-order valence-electron chi connectivity index (χ2n) is 7.30. The van der Waals surface area contributed by atoms with Crippen LogP contribution >= 0.6 is 0 Å². The van der Waals surface area contributed by atoms with E-state index in [2.05, 4.69) is 10.1 Å². The smallest absolute Gasteiger partial charge is 0.139 e. The van der Waals surface area contributed by atoms with E-state index < -0.39 is 5.60 Å². The molecule has 0 bridgehead atoms. The van der Waals surface area contributed by atoms with Crippen molar-refractivity contribution in [2.75, 3.05) is 19.6 Å². The second kappa shape index (κ2) is 5.19. The third kappa shape index (κ3) is 2.79. The van der Waals surface area contributed by atoms with Crippen molar-refractivity contribution in [1.29, 1.82) is 0 Å².